The van der Waals surface area contributed by atoms with E-state index in [9.17, 15) is 18.0 Å². The summed E-state index contributed by atoms with van der Waals surface area (Å²) in [6.07, 6.45) is 2.88. The summed E-state index contributed by atoms with van der Waals surface area (Å²) in [5.74, 6) is -1.10. The van der Waals surface area contributed by atoms with Gasteiger partial charge in [0.25, 0.3) is 5.91 Å². The average molecular weight is 396 g/mol. The summed E-state index contributed by atoms with van der Waals surface area (Å²) < 4.78 is 32.5. The number of carboxylic acid groups (broad SMARTS) is 1. The zero-order valence-corrected chi connectivity index (χ0v) is 16.1. The maximum atomic E-state index is 13.0. The maximum absolute atomic E-state index is 13.0. The zero-order chi connectivity index (χ0) is 19.6. The van der Waals surface area contributed by atoms with E-state index in [1.165, 1.54) is 34.5 Å². The molecule has 2 aliphatic rings. The highest BCUT2D eigenvalue weighted by Gasteiger charge is 2.34. The summed E-state index contributed by atoms with van der Waals surface area (Å²) in [5.41, 5.74) is 0.228. The van der Waals surface area contributed by atoms with Crippen molar-refractivity contribution in [3.63, 3.8) is 0 Å². The fourth-order valence-electron chi connectivity index (χ4n) is 3.76. The van der Waals surface area contributed by atoms with Gasteiger partial charge < -0.3 is 14.7 Å². The molecule has 1 unspecified atom stereocenters. The van der Waals surface area contributed by atoms with Gasteiger partial charge in [-0.15, -0.1) is 0 Å². The zero-order valence-electron chi connectivity index (χ0n) is 15.3. The van der Waals surface area contributed by atoms with Crippen LogP contribution in [0, 0.1) is 0 Å². The van der Waals surface area contributed by atoms with Crippen LogP contribution >= 0.6 is 0 Å². The van der Waals surface area contributed by atoms with Crippen molar-refractivity contribution >= 4 is 21.9 Å². The van der Waals surface area contributed by atoms with Crippen LogP contribution in [0.1, 0.15) is 42.5 Å². The summed E-state index contributed by atoms with van der Waals surface area (Å²) in [4.78, 5) is 25.5. The third kappa shape index (κ3) is 3.93. The quantitative estimate of drug-likeness (QED) is 0.783. The van der Waals surface area contributed by atoms with E-state index in [2.05, 4.69) is 0 Å². The summed E-state index contributed by atoms with van der Waals surface area (Å²) in [6.45, 7) is 1.38. The lowest BCUT2D eigenvalue weighted by Gasteiger charge is -2.24. The Balaban J connectivity index is 1.93. The van der Waals surface area contributed by atoms with E-state index in [-0.39, 0.29) is 34.6 Å². The molecule has 2 heterocycles. The summed E-state index contributed by atoms with van der Waals surface area (Å²) in [5, 5.41) is 9.05. The van der Waals surface area contributed by atoms with Gasteiger partial charge in [-0.2, -0.15) is 4.31 Å². The first kappa shape index (κ1) is 19.6. The van der Waals surface area contributed by atoms with Gasteiger partial charge >= 0.3 is 5.97 Å². The normalized spacial score (nSPS) is 20.8. The minimum absolute atomic E-state index is 0.0215. The predicted molar refractivity (Wildman–Crippen MR) is 97.3 cm³/mol. The molecule has 0 aliphatic carbocycles. The van der Waals surface area contributed by atoms with Gasteiger partial charge in [0.2, 0.25) is 10.0 Å². The summed E-state index contributed by atoms with van der Waals surface area (Å²) in [7, 11) is -2.36. The van der Waals surface area contributed by atoms with Gasteiger partial charge in [-0.05, 0) is 43.9 Å². The number of benzene rings is 1. The molecule has 8 nitrogen and oxygen atoms in total. The molecule has 1 aromatic carbocycles. The van der Waals surface area contributed by atoms with Crippen molar-refractivity contribution in [1.29, 1.82) is 0 Å². The van der Waals surface area contributed by atoms with Crippen LogP contribution in [-0.2, 0) is 14.8 Å². The number of sulfonamides is 1. The number of likely N-dealkylation sites (tertiary alicyclic amines) is 1. The lowest BCUT2D eigenvalue weighted by Crippen LogP contribution is -2.37. The van der Waals surface area contributed by atoms with E-state index in [0.29, 0.717) is 26.1 Å². The van der Waals surface area contributed by atoms with Crippen LogP contribution in [-0.4, -0.2) is 67.4 Å². The van der Waals surface area contributed by atoms with Gasteiger partial charge in [0, 0.05) is 31.2 Å². The molecule has 1 aromatic rings. The van der Waals surface area contributed by atoms with Crippen LogP contribution in [0.5, 0.6) is 5.75 Å². The highest BCUT2D eigenvalue weighted by molar-refractivity contribution is 7.89. The Morgan fingerprint density at radius 2 is 1.89 bits per heavy atom. The first-order valence-electron chi connectivity index (χ1n) is 9.05. The molecule has 2 aliphatic heterocycles. The molecule has 2 fully saturated rings. The SMILES string of the molecule is COc1ccc(C(=O)N2CCCC2CC(=O)O)cc1S(=O)(=O)N1CCCC1. The average Bonchev–Trinajstić information content (AvgIpc) is 3.32. The van der Waals surface area contributed by atoms with Crippen molar-refractivity contribution in [2.75, 3.05) is 26.7 Å². The molecule has 0 bridgehead atoms. The van der Waals surface area contributed by atoms with Gasteiger partial charge in [0.1, 0.15) is 10.6 Å². The van der Waals surface area contributed by atoms with Gasteiger partial charge in [0.15, 0.2) is 0 Å². The van der Waals surface area contributed by atoms with Crippen molar-refractivity contribution in [3.05, 3.63) is 23.8 Å². The molecule has 3 rings (SSSR count). The number of carbonyl (C=O) groups excluding carboxylic acids is 1. The molecular weight excluding hydrogens is 372 g/mol. The van der Waals surface area contributed by atoms with Crippen molar-refractivity contribution in [1.82, 2.24) is 9.21 Å². The van der Waals surface area contributed by atoms with Crippen LogP contribution in [0.2, 0.25) is 0 Å². The topological polar surface area (TPSA) is 104 Å². The number of amides is 1. The van der Waals surface area contributed by atoms with Crippen LogP contribution in [0.15, 0.2) is 23.1 Å². The second-order valence-electron chi connectivity index (χ2n) is 6.87. The van der Waals surface area contributed by atoms with Crippen molar-refractivity contribution in [2.24, 2.45) is 0 Å². The molecule has 1 N–H and O–H groups in total. The third-order valence-electron chi connectivity index (χ3n) is 5.14. The molecule has 1 amide bonds. The Kier molecular flexibility index (Phi) is 5.71. The first-order chi connectivity index (χ1) is 12.8. The second-order valence-corrected chi connectivity index (χ2v) is 8.78. The highest BCUT2D eigenvalue weighted by Crippen LogP contribution is 2.31. The third-order valence-corrected chi connectivity index (χ3v) is 7.06. The molecule has 27 heavy (non-hydrogen) atoms. The smallest absolute Gasteiger partial charge is 0.305 e. The van der Waals surface area contributed by atoms with E-state index in [0.717, 1.165) is 19.3 Å². The minimum Gasteiger partial charge on any atom is -0.495 e. The van der Waals surface area contributed by atoms with Crippen LogP contribution in [0.4, 0.5) is 0 Å². The highest BCUT2D eigenvalue weighted by atomic mass is 32.2. The molecule has 148 valence electrons. The van der Waals surface area contributed by atoms with E-state index in [1.807, 2.05) is 0 Å². The largest absolute Gasteiger partial charge is 0.495 e. The van der Waals surface area contributed by atoms with Crippen molar-refractivity contribution in [2.45, 2.75) is 43.0 Å². The molecule has 0 radical (unpaired) electrons. The lowest BCUT2D eigenvalue weighted by atomic mass is 10.1. The Morgan fingerprint density at radius 1 is 1.19 bits per heavy atom. The Labute approximate surface area is 158 Å². The van der Waals surface area contributed by atoms with E-state index >= 15 is 0 Å². The summed E-state index contributed by atoms with van der Waals surface area (Å²) in [6, 6.07) is 4.00. The number of hydrogen-bond donors (Lipinski definition) is 1. The van der Waals surface area contributed by atoms with Crippen molar-refractivity contribution in [3.8, 4) is 5.75 Å². The van der Waals surface area contributed by atoms with Crippen molar-refractivity contribution < 1.29 is 27.9 Å². The summed E-state index contributed by atoms with van der Waals surface area (Å²) >= 11 is 0. The fraction of sp³-hybridized carbons (Fsp3) is 0.556. The molecule has 9 heteroatoms. The van der Waals surface area contributed by atoms with Crippen LogP contribution < -0.4 is 4.74 Å². The lowest BCUT2D eigenvalue weighted by molar-refractivity contribution is -0.137. The monoisotopic (exact) mass is 396 g/mol. The number of ether oxygens (including phenoxy) is 1. The minimum atomic E-state index is -3.75. The van der Waals surface area contributed by atoms with Crippen LogP contribution in [0.25, 0.3) is 0 Å². The number of methoxy groups -OCH3 is 1. The molecule has 0 spiro atoms. The molecule has 0 aromatic heterocycles. The van der Waals surface area contributed by atoms with E-state index < -0.39 is 16.0 Å². The second kappa shape index (κ2) is 7.85. The maximum Gasteiger partial charge on any atom is 0.305 e. The number of nitrogens with zero attached hydrogens (tertiary/aromatic N) is 2. The van der Waals surface area contributed by atoms with Gasteiger partial charge in [-0.1, -0.05) is 0 Å². The van der Waals surface area contributed by atoms with Gasteiger partial charge in [0.05, 0.1) is 13.5 Å². The standard InChI is InChI=1S/C18H24N2O6S/c1-26-15-7-6-13(11-16(15)27(24,25)19-8-2-3-9-19)18(23)20-10-4-5-14(20)12-17(21)22/h6-7,11,14H,2-5,8-10,12H2,1H3,(H,21,22). The van der Waals surface area contributed by atoms with Gasteiger partial charge in [-0.3, -0.25) is 9.59 Å². The number of hydrogen-bond acceptors (Lipinski definition) is 5. The molecule has 2 saturated heterocycles. The molecule has 1 atom stereocenters. The number of aliphatic carboxylic acids is 1. The first-order valence-corrected chi connectivity index (χ1v) is 10.5. The predicted octanol–water partition coefficient (Wildman–Crippen LogP) is 1.56. The van der Waals surface area contributed by atoms with Crippen LogP contribution in [0.3, 0.4) is 0 Å². The van der Waals surface area contributed by atoms with E-state index in [4.69, 9.17) is 9.84 Å². The Bertz CT molecular complexity index is 832. The number of carbonyl (C=O) groups is 2. The number of carboxylic acids is 1. The number of rotatable bonds is 6. The fourth-order valence-corrected chi connectivity index (χ4v) is 5.46. The van der Waals surface area contributed by atoms with Gasteiger partial charge in [-0.25, -0.2) is 8.42 Å². The Hall–Kier alpha value is -2.13. The molecule has 0 saturated carbocycles. The molecular formula is C18H24N2O6S. The Morgan fingerprint density at radius 3 is 2.52 bits per heavy atom. The van der Waals surface area contributed by atoms with E-state index in [1.54, 1.807) is 0 Å².